The second-order valence-electron chi connectivity index (χ2n) is 8.14. The minimum atomic E-state index is 0.0262. The Morgan fingerprint density at radius 3 is 2.83 bits per heavy atom. The Bertz CT molecular complexity index is 1060. The molecule has 4 rings (SSSR count). The smallest absolute Gasteiger partial charge is 0.166 e. The third-order valence-corrected chi connectivity index (χ3v) is 5.86. The van der Waals surface area contributed by atoms with E-state index < -0.39 is 0 Å². The molecule has 30 heavy (non-hydrogen) atoms. The van der Waals surface area contributed by atoms with Gasteiger partial charge in [-0.05, 0) is 62.5 Å². The van der Waals surface area contributed by atoms with Crippen molar-refractivity contribution in [1.82, 2.24) is 15.3 Å². The van der Waals surface area contributed by atoms with E-state index in [9.17, 15) is 4.79 Å². The molecule has 2 unspecified atom stereocenters. The summed E-state index contributed by atoms with van der Waals surface area (Å²) in [5.74, 6) is 1.43. The lowest BCUT2D eigenvalue weighted by Gasteiger charge is -2.31. The molecule has 0 spiro atoms. The van der Waals surface area contributed by atoms with Crippen LogP contribution in [0.15, 0.2) is 54.7 Å². The number of carbonyl (C=O) groups excluding carboxylic acids is 1. The molecule has 1 aliphatic heterocycles. The third kappa shape index (κ3) is 4.67. The van der Waals surface area contributed by atoms with Gasteiger partial charge in [0, 0.05) is 29.8 Å². The molecule has 1 fully saturated rings. The standard InChI is InChI=1S/C25H26N4O/c1-17-3-2-4-20(11-17)25(30)23-9-10-27-15-21(23)13-22-16-28-24(29-22)12-18-5-7-19(14-26)8-6-18/h2-8,11,16,21,23,27H,9-10,12-13,15H2,1H3,(H,28,29). The summed E-state index contributed by atoms with van der Waals surface area (Å²) in [6, 6.07) is 17.6. The van der Waals surface area contributed by atoms with Crippen molar-refractivity contribution in [3.8, 4) is 6.07 Å². The first-order valence-corrected chi connectivity index (χ1v) is 10.5. The molecule has 2 N–H and O–H groups in total. The average molecular weight is 399 g/mol. The summed E-state index contributed by atoms with van der Waals surface area (Å²) >= 11 is 0. The summed E-state index contributed by atoms with van der Waals surface area (Å²) in [7, 11) is 0. The van der Waals surface area contributed by atoms with Gasteiger partial charge in [0.15, 0.2) is 5.78 Å². The molecule has 5 nitrogen and oxygen atoms in total. The number of carbonyl (C=O) groups is 1. The largest absolute Gasteiger partial charge is 0.346 e. The molecule has 0 saturated carbocycles. The molecule has 0 amide bonds. The van der Waals surface area contributed by atoms with E-state index in [4.69, 9.17) is 5.26 Å². The van der Waals surface area contributed by atoms with Crippen molar-refractivity contribution in [2.24, 2.45) is 11.8 Å². The van der Waals surface area contributed by atoms with E-state index in [1.165, 1.54) is 0 Å². The summed E-state index contributed by atoms with van der Waals surface area (Å²) < 4.78 is 0. The molecular weight excluding hydrogens is 372 g/mol. The number of hydrogen-bond donors (Lipinski definition) is 2. The summed E-state index contributed by atoms with van der Waals surface area (Å²) in [4.78, 5) is 21.1. The Balaban J connectivity index is 1.44. The quantitative estimate of drug-likeness (QED) is 0.618. The van der Waals surface area contributed by atoms with Gasteiger partial charge in [0.05, 0.1) is 11.6 Å². The van der Waals surface area contributed by atoms with E-state index in [1.54, 1.807) is 0 Å². The van der Waals surface area contributed by atoms with Gasteiger partial charge in [0.25, 0.3) is 0 Å². The normalized spacial score (nSPS) is 18.7. The SMILES string of the molecule is Cc1cccc(C(=O)C2CCNCC2Cc2cnc(Cc3ccc(C#N)cc3)[nH]2)c1. The van der Waals surface area contributed by atoms with Crippen LogP contribution in [0.3, 0.4) is 0 Å². The predicted molar refractivity (Wildman–Crippen MR) is 116 cm³/mol. The van der Waals surface area contributed by atoms with Crippen LogP contribution in [0.25, 0.3) is 0 Å². The number of nitrogens with one attached hydrogen (secondary N) is 2. The van der Waals surface area contributed by atoms with Crippen LogP contribution in [-0.4, -0.2) is 28.8 Å². The first-order valence-electron chi connectivity index (χ1n) is 10.5. The second-order valence-corrected chi connectivity index (χ2v) is 8.14. The molecular formula is C25H26N4O. The maximum absolute atomic E-state index is 13.2. The Morgan fingerprint density at radius 2 is 2.07 bits per heavy atom. The lowest BCUT2D eigenvalue weighted by molar-refractivity contribution is 0.0836. The minimum Gasteiger partial charge on any atom is -0.346 e. The fourth-order valence-corrected chi connectivity index (χ4v) is 4.27. The topological polar surface area (TPSA) is 81.6 Å². The molecule has 3 aromatic rings. The second kappa shape index (κ2) is 9.06. The van der Waals surface area contributed by atoms with Crippen LogP contribution in [0.1, 0.15) is 45.0 Å². The molecule has 0 radical (unpaired) electrons. The number of aromatic nitrogens is 2. The number of rotatable bonds is 6. The zero-order valence-electron chi connectivity index (χ0n) is 17.2. The molecule has 1 aromatic heterocycles. The Morgan fingerprint density at radius 1 is 1.23 bits per heavy atom. The Kier molecular flexibility index (Phi) is 6.06. The number of benzene rings is 2. The molecule has 0 aliphatic carbocycles. The molecule has 2 heterocycles. The van der Waals surface area contributed by atoms with Gasteiger partial charge >= 0.3 is 0 Å². The van der Waals surface area contributed by atoms with Gasteiger partial charge in [-0.1, -0.05) is 35.9 Å². The number of nitrogens with zero attached hydrogens (tertiary/aromatic N) is 2. The minimum absolute atomic E-state index is 0.0262. The summed E-state index contributed by atoms with van der Waals surface area (Å²) in [6.45, 7) is 3.74. The highest BCUT2D eigenvalue weighted by Crippen LogP contribution is 2.27. The van der Waals surface area contributed by atoms with E-state index in [-0.39, 0.29) is 17.6 Å². The highest BCUT2D eigenvalue weighted by atomic mass is 16.1. The van der Waals surface area contributed by atoms with Crippen LogP contribution >= 0.6 is 0 Å². The molecule has 2 aromatic carbocycles. The van der Waals surface area contributed by atoms with Crippen LogP contribution in [0.5, 0.6) is 0 Å². The number of nitriles is 1. The molecule has 0 bridgehead atoms. The number of hydrogen-bond acceptors (Lipinski definition) is 4. The highest BCUT2D eigenvalue weighted by molar-refractivity contribution is 5.98. The van der Waals surface area contributed by atoms with Crippen molar-refractivity contribution in [2.45, 2.75) is 26.2 Å². The van der Waals surface area contributed by atoms with Gasteiger partial charge in [-0.25, -0.2) is 4.98 Å². The number of aryl methyl sites for hydroxylation is 1. The van der Waals surface area contributed by atoms with Crippen molar-refractivity contribution in [3.63, 3.8) is 0 Å². The van der Waals surface area contributed by atoms with Gasteiger partial charge in [-0.15, -0.1) is 0 Å². The maximum Gasteiger partial charge on any atom is 0.166 e. The first kappa shape index (κ1) is 20.1. The van der Waals surface area contributed by atoms with Crippen molar-refractivity contribution >= 4 is 5.78 Å². The predicted octanol–water partition coefficient (Wildman–Crippen LogP) is 3.83. The summed E-state index contributed by atoms with van der Waals surface area (Å²) in [5.41, 5.74) is 4.77. The van der Waals surface area contributed by atoms with Gasteiger partial charge in [-0.3, -0.25) is 4.79 Å². The average Bonchev–Trinajstić information content (AvgIpc) is 3.21. The molecule has 2 atom stereocenters. The van der Waals surface area contributed by atoms with Crippen molar-refractivity contribution in [2.75, 3.05) is 13.1 Å². The molecule has 1 aliphatic rings. The number of imidazole rings is 1. The first-order chi connectivity index (χ1) is 14.6. The lowest BCUT2D eigenvalue weighted by atomic mass is 9.78. The molecule has 1 saturated heterocycles. The van der Waals surface area contributed by atoms with Crippen LogP contribution in [-0.2, 0) is 12.8 Å². The monoisotopic (exact) mass is 398 g/mol. The van der Waals surface area contributed by atoms with Crippen molar-refractivity contribution in [1.29, 1.82) is 5.26 Å². The maximum atomic E-state index is 13.2. The van der Waals surface area contributed by atoms with E-state index in [0.29, 0.717) is 12.0 Å². The number of H-pyrrole nitrogens is 1. The Labute approximate surface area is 177 Å². The summed E-state index contributed by atoms with van der Waals surface area (Å²) in [5, 5.41) is 12.4. The zero-order chi connectivity index (χ0) is 20.9. The summed E-state index contributed by atoms with van der Waals surface area (Å²) in [6.07, 6.45) is 4.25. The van der Waals surface area contributed by atoms with Crippen molar-refractivity contribution < 1.29 is 4.79 Å². The van der Waals surface area contributed by atoms with E-state index in [1.807, 2.05) is 61.7 Å². The van der Waals surface area contributed by atoms with Crippen LogP contribution in [0.2, 0.25) is 0 Å². The van der Waals surface area contributed by atoms with Crippen LogP contribution in [0.4, 0.5) is 0 Å². The van der Waals surface area contributed by atoms with E-state index in [0.717, 1.165) is 54.1 Å². The third-order valence-electron chi connectivity index (χ3n) is 5.86. The molecule has 152 valence electrons. The number of ketones is 1. The lowest BCUT2D eigenvalue weighted by Crippen LogP contribution is -2.41. The van der Waals surface area contributed by atoms with Gasteiger partial charge < -0.3 is 10.3 Å². The number of piperidine rings is 1. The van der Waals surface area contributed by atoms with Crippen LogP contribution in [0, 0.1) is 30.1 Å². The highest BCUT2D eigenvalue weighted by Gasteiger charge is 2.31. The van der Waals surface area contributed by atoms with E-state index in [2.05, 4.69) is 21.4 Å². The number of aromatic amines is 1. The Hall–Kier alpha value is -3.23. The van der Waals surface area contributed by atoms with Gasteiger partial charge in [0.2, 0.25) is 0 Å². The van der Waals surface area contributed by atoms with Crippen LogP contribution < -0.4 is 5.32 Å². The molecule has 5 heteroatoms. The fourth-order valence-electron chi connectivity index (χ4n) is 4.27. The van der Waals surface area contributed by atoms with Crippen molar-refractivity contribution in [3.05, 3.63) is 88.5 Å². The van der Waals surface area contributed by atoms with E-state index >= 15 is 0 Å². The zero-order valence-corrected chi connectivity index (χ0v) is 17.2. The fraction of sp³-hybridized carbons (Fsp3) is 0.320. The van der Waals surface area contributed by atoms with Gasteiger partial charge in [-0.2, -0.15) is 5.26 Å². The van der Waals surface area contributed by atoms with Gasteiger partial charge in [0.1, 0.15) is 5.82 Å². The number of Topliss-reactive ketones (excluding diaryl/α,β-unsaturated/α-hetero) is 1.